The zero-order chi connectivity index (χ0) is 9.60. The van der Waals surface area contributed by atoms with E-state index in [1.54, 1.807) is 0 Å². The maximum atomic E-state index is 3.67. The van der Waals surface area contributed by atoms with Crippen molar-refractivity contribution in [1.82, 2.24) is 5.32 Å². The van der Waals surface area contributed by atoms with Crippen LogP contribution in [0.1, 0.15) is 36.3 Å². The van der Waals surface area contributed by atoms with Gasteiger partial charge in [-0.25, -0.2) is 0 Å². The zero-order valence-electron chi connectivity index (χ0n) is 8.72. The molecular formula is C13H17N. The Morgan fingerprint density at radius 3 is 2.86 bits per heavy atom. The lowest BCUT2D eigenvalue weighted by Crippen LogP contribution is -2.22. The van der Waals surface area contributed by atoms with Crippen molar-refractivity contribution in [3.05, 3.63) is 35.4 Å². The summed E-state index contributed by atoms with van der Waals surface area (Å²) in [6.45, 7) is 3.36. The summed E-state index contributed by atoms with van der Waals surface area (Å²) >= 11 is 0. The van der Waals surface area contributed by atoms with Gasteiger partial charge in [0.25, 0.3) is 0 Å². The fourth-order valence-corrected chi connectivity index (χ4v) is 2.65. The highest BCUT2D eigenvalue weighted by Crippen LogP contribution is 2.47. The van der Waals surface area contributed by atoms with Crippen molar-refractivity contribution in [3.8, 4) is 0 Å². The van der Waals surface area contributed by atoms with Crippen molar-refractivity contribution in [1.29, 1.82) is 0 Å². The molecule has 0 bridgehead atoms. The molecule has 1 heteroatoms. The first kappa shape index (κ1) is 8.49. The average molecular weight is 187 g/mol. The summed E-state index contributed by atoms with van der Waals surface area (Å²) in [5.74, 6) is 0.761. The Balaban J connectivity index is 1.82. The van der Waals surface area contributed by atoms with Crippen LogP contribution in [0.4, 0.5) is 0 Å². The lowest BCUT2D eigenvalue weighted by Gasteiger charge is -2.09. The second-order valence-corrected chi connectivity index (χ2v) is 4.98. The molecule has 2 fully saturated rings. The number of rotatable bonds is 1. The van der Waals surface area contributed by atoms with Crippen LogP contribution >= 0.6 is 0 Å². The molecule has 1 aromatic carbocycles. The lowest BCUT2D eigenvalue weighted by molar-refractivity contribution is 0.595. The van der Waals surface area contributed by atoms with E-state index in [9.17, 15) is 0 Å². The third kappa shape index (κ3) is 1.36. The molecule has 1 nitrogen and oxygen atoms in total. The van der Waals surface area contributed by atoms with E-state index in [4.69, 9.17) is 0 Å². The molecule has 74 valence electrons. The molecule has 1 aromatic rings. The highest BCUT2D eigenvalue weighted by molar-refractivity contribution is 5.29. The summed E-state index contributed by atoms with van der Waals surface area (Å²) in [5.41, 5.74) is 3.48. The molecule has 1 N–H and O–H groups in total. The van der Waals surface area contributed by atoms with E-state index in [0.717, 1.165) is 5.92 Å². The van der Waals surface area contributed by atoms with Crippen LogP contribution in [0.5, 0.6) is 0 Å². The van der Waals surface area contributed by atoms with Gasteiger partial charge in [-0.1, -0.05) is 29.8 Å². The summed E-state index contributed by atoms with van der Waals surface area (Å²) in [7, 11) is 0. The summed E-state index contributed by atoms with van der Waals surface area (Å²) in [5, 5.41) is 3.67. The number of hydrogen-bond donors (Lipinski definition) is 1. The predicted molar refractivity (Wildman–Crippen MR) is 58.5 cm³/mol. The minimum absolute atomic E-state index is 0.564. The van der Waals surface area contributed by atoms with Gasteiger partial charge in [0.15, 0.2) is 0 Å². The molecule has 0 aromatic heterocycles. The van der Waals surface area contributed by atoms with Gasteiger partial charge in [0.2, 0.25) is 0 Å². The zero-order valence-corrected chi connectivity index (χ0v) is 8.72. The van der Waals surface area contributed by atoms with Crippen LogP contribution in [0, 0.1) is 6.92 Å². The molecule has 1 unspecified atom stereocenters. The molecule has 1 atom stereocenters. The molecule has 0 radical (unpaired) electrons. The van der Waals surface area contributed by atoms with E-state index < -0.39 is 0 Å². The standard InChI is InChI=1S/C13H17N/c1-10-3-2-4-11(7-10)12-8-13(5-6-13)14-9-12/h2-4,7,12,14H,5-6,8-9H2,1H3. The molecule has 1 saturated heterocycles. The Kier molecular flexibility index (Phi) is 1.72. The predicted octanol–water partition coefficient (Wildman–Crippen LogP) is 2.60. The third-order valence-corrected chi connectivity index (χ3v) is 3.73. The Morgan fingerprint density at radius 2 is 2.21 bits per heavy atom. The Hall–Kier alpha value is -0.820. The van der Waals surface area contributed by atoms with Gasteiger partial charge >= 0.3 is 0 Å². The number of hydrogen-bond acceptors (Lipinski definition) is 1. The van der Waals surface area contributed by atoms with E-state index >= 15 is 0 Å². The van der Waals surface area contributed by atoms with Crippen LogP contribution < -0.4 is 5.32 Å². The van der Waals surface area contributed by atoms with E-state index in [1.165, 1.54) is 36.9 Å². The third-order valence-electron chi connectivity index (χ3n) is 3.73. The van der Waals surface area contributed by atoms with E-state index in [1.807, 2.05) is 0 Å². The van der Waals surface area contributed by atoms with E-state index in [2.05, 4.69) is 36.5 Å². The highest BCUT2D eigenvalue weighted by Gasteiger charge is 2.48. The molecule has 1 aliphatic carbocycles. The van der Waals surface area contributed by atoms with Crippen molar-refractivity contribution in [2.45, 2.75) is 37.6 Å². The maximum Gasteiger partial charge on any atom is 0.0189 e. The molecule has 14 heavy (non-hydrogen) atoms. The lowest BCUT2D eigenvalue weighted by atomic mass is 9.94. The number of aryl methyl sites for hydroxylation is 1. The minimum atomic E-state index is 0.564. The minimum Gasteiger partial charge on any atom is -0.311 e. The fourth-order valence-electron chi connectivity index (χ4n) is 2.65. The molecule has 1 aliphatic heterocycles. The second-order valence-electron chi connectivity index (χ2n) is 4.98. The number of benzene rings is 1. The summed E-state index contributed by atoms with van der Waals surface area (Å²) in [4.78, 5) is 0. The van der Waals surface area contributed by atoms with Crippen LogP contribution in [-0.4, -0.2) is 12.1 Å². The summed E-state index contributed by atoms with van der Waals surface area (Å²) < 4.78 is 0. The smallest absolute Gasteiger partial charge is 0.0189 e. The molecule has 1 spiro atoms. The van der Waals surface area contributed by atoms with Crippen LogP contribution in [0.3, 0.4) is 0 Å². The maximum absolute atomic E-state index is 3.67. The summed E-state index contributed by atoms with van der Waals surface area (Å²) in [6.07, 6.45) is 4.15. The van der Waals surface area contributed by atoms with E-state index in [0.29, 0.717) is 5.54 Å². The largest absolute Gasteiger partial charge is 0.311 e. The normalized spacial score (nSPS) is 28.2. The Labute approximate surface area is 85.5 Å². The van der Waals surface area contributed by atoms with Gasteiger partial charge in [-0.05, 0) is 37.7 Å². The van der Waals surface area contributed by atoms with Gasteiger partial charge in [0, 0.05) is 12.1 Å². The Bertz CT molecular complexity index is 352. The summed E-state index contributed by atoms with van der Waals surface area (Å²) in [6, 6.07) is 8.98. The Morgan fingerprint density at radius 1 is 1.36 bits per heavy atom. The van der Waals surface area contributed by atoms with Crippen molar-refractivity contribution < 1.29 is 0 Å². The second kappa shape index (κ2) is 2.83. The quantitative estimate of drug-likeness (QED) is 0.712. The van der Waals surface area contributed by atoms with Gasteiger partial charge in [-0.2, -0.15) is 0 Å². The van der Waals surface area contributed by atoms with Gasteiger partial charge in [0.05, 0.1) is 0 Å². The van der Waals surface area contributed by atoms with Gasteiger partial charge in [-0.3, -0.25) is 0 Å². The van der Waals surface area contributed by atoms with Gasteiger partial charge in [0.1, 0.15) is 0 Å². The monoisotopic (exact) mass is 187 g/mol. The van der Waals surface area contributed by atoms with E-state index in [-0.39, 0.29) is 0 Å². The molecule has 1 saturated carbocycles. The van der Waals surface area contributed by atoms with Crippen molar-refractivity contribution >= 4 is 0 Å². The van der Waals surface area contributed by atoms with Crippen LogP contribution in [0.25, 0.3) is 0 Å². The van der Waals surface area contributed by atoms with Crippen LogP contribution in [0.15, 0.2) is 24.3 Å². The average Bonchev–Trinajstić information content (AvgIpc) is 2.76. The topological polar surface area (TPSA) is 12.0 Å². The molecule has 1 heterocycles. The van der Waals surface area contributed by atoms with Crippen molar-refractivity contribution in [2.24, 2.45) is 0 Å². The first-order valence-electron chi connectivity index (χ1n) is 5.59. The first-order valence-corrected chi connectivity index (χ1v) is 5.59. The molecule has 2 aliphatic rings. The van der Waals surface area contributed by atoms with Gasteiger partial charge < -0.3 is 5.32 Å². The fraction of sp³-hybridized carbons (Fsp3) is 0.538. The van der Waals surface area contributed by atoms with Crippen molar-refractivity contribution in [3.63, 3.8) is 0 Å². The molecule has 0 amide bonds. The SMILES string of the molecule is Cc1cccc(C2CNC3(CC3)C2)c1. The highest BCUT2D eigenvalue weighted by atomic mass is 15.1. The van der Waals surface area contributed by atoms with Crippen LogP contribution in [-0.2, 0) is 0 Å². The number of nitrogens with one attached hydrogen (secondary N) is 1. The van der Waals surface area contributed by atoms with Gasteiger partial charge in [-0.15, -0.1) is 0 Å². The first-order chi connectivity index (χ1) is 6.77. The van der Waals surface area contributed by atoms with Crippen molar-refractivity contribution in [2.75, 3.05) is 6.54 Å². The molecule has 3 rings (SSSR count). The molecular weight excluding hydrogens is 170 g/mol. The van der Waals surface area contributed by atoms with Crippen LogP contribution in [0.2, 0.25) is 0 Å².